The van der Waals surface area contributed by atoms with E-state index < -0.39 is 6.29 Å². The van der Waals surface area contributed by atoms with Gasteiger partial charge in [0.1, 0.15) is 5.82 Å². The van der Waals surface area contributed by atoms with Crippen molar-refractivity contribution in [2.75, 3.05) is 13.2 Å². The first-order valence-electron chi connectivity index (χ1n) is 4.78. The number of morpholine rings is 1. The number of aliphatic hydroxyl groups excluding tert-OH is 1. The third kappa shape index (κ3) is 4.83. The van der Waals surface area contributed by atoms with Gasteiger partial charge < -0.3 is 15.2 Å². The summed E-state index contributed by atoms with van der Waals surface area (Å²) in [5, 5.41) is 11.9. The van der Waals surface area contributed by atoms with Gasteiger partial charge in [-0.05, 0) is 19.1 Å². The van der Waals surface area contributed by atoms with Crippen LogP contribution in [-0.4, -0.2) is 35.6 Å². The van der Waals surface area contributed by atoms with Gasteiger partial charge in [-0.1, -0.05) is 0 Å². The van der Waals surface area contributed by atoms with E-state index >= 15 is 0 Å². The fraction of sp³-hybridized carbons (Fsp3) is 0.500. The van der Waals surface area contributed by atoms with Crippen molar-refractivity contribution in [3.63, 3.8) is 0 Å². The van der Waals surface area contributed by atoms with E-state index in [1.54, 1.807) is 6.07 Å². The summed E-state index contributed by atoms with van der Waals surface area (Å²) in [6, 6.07) is 2.99. The van der Waals surface area contributed by atoms with Crippen LogP contribution in [0, 0.1) is 5.82 Å². The summed E-state index contributed by atoms with van der Waals surface area (Å²) in [6.07, 6.45) is 2.09. The molecule has 2 heterocycles. The van der Waals surface area contributed by atoms with Crippen LogP contribution >= 0.6 is 0 Å². The second kappa shape index (κ2) is 6.44. The molecular formula is C10H15FN2O2. The number of aliphatic hydroxyl groups is 1. The Morgan fingerprint density at radius 1 is 1.67 bits per heavy atom. The smallest absolute Gasteiger partial charge is 0.169 e. The first kappa shape index (κ1) is 12.0. The molecular weight excluding hydrogens is 199 g/mol. The molecule has 4 nitrogen and oxygen atoms in total. The predicted molar refractivity (Wildman–Crippen MR) is 53.6 cm³/mol. The van der Waals surface area contributed by atoms with Gasteiger partial charge in [0, 0.05) is 12.7 Å². The Bertz CT molecular complexity index is 261. The summed E-state index contributed by atoms with van der Waals surface area (Å²) in [4.78, 5) is 3.51. The highest BCUT2D eigenvalue weighted by molar-refractivity contribution is 4.92. The molecule has 1 aromatic heterocycles. The van der Waals surface area contributed by atoms with E-state index in [2.05, 4.69) is 10.3 Å². The number of nitrogens with zero attached hydrogens (tertiary/aromatic N) is 1. The fourth-order valence-corrected chi connectivity index (χ4v) is 1.05. The van der Waals surface area contributed by atoms with Gasteiger partial charge in [0.25, 0.3) is 0 Å². The lowest BCUT2D eigenvalue weighted by molar-refractivity contribution is -0.135. The van der Waals surface area contributed by atoms with Gasteiger partial charge in [0.2, 0.25) is 0 Å². The molecule has 2 rings (SSSR count). The van der Waals surface area contributed by atoms with E-state index in [4.69, 9.17) is 9.84 Å². The average Bonchev–Trinajstić information content (AvgIpc) is 2.25. The van der Waals surface area contributed by atoms with Crippen LogP contribution in [0.3, 0.4) is 0 Å². The van der Waals surface area contributed by atoms with Crippen LogP contribution in [0.15, 0.2) is 24.5 Å². The van der Waals surface area contributed by atoms with Crippen LogP contribution < -0.4 is 5.32 Å². The molecule has 0 saturated carbocycles. The van der Waals surface area contributed by atoms with E-state index in [-0.39, 0.29) is 11.9 Å². The van der Waals surface area contributed by atoms with Gasteiger partial charge in [0.15, 0.2) is 6.29 Å². The van der Waals surface area contributed by atoms with Crippen molar-refractivity contribution in [1.82, 2.24) is 10.3 Å². The van der Waals surface area contributed by atoms with Crippen molar-refractivity contribution in [3.05, 3.63) is 30.3 Å². The number of rotatable bonds is 0. The van der Waals surface area contributed by atoms with Gasteiger partial charge in [-0.25, -0.2) is 4.39 Å². The number of ether oxygens (including phenoxy) is 1. The molecule has 0 bridgehead atoms. The molecule has 1 aliphatic heterocycles. The standard InChI is InChI=1S/C5H4FN.C5H11NO2/c6-5-2-1-3-7-4-5;1-4-5(7)8-3-2-6-4/h1-4H;4-7H,2-3H2,1H3. The van der Waals surface area contributed by atoms with Crippen molar-refractivity contribution in [3.8, 4) is 0 Å². The SMILES string of the molecule is CC1NCCOC1O.Fc1cccnc1. The molecule has 0 spiro atoms. The lowest BCUT2D eigenvalue weighted by Crippen LogP contribution is -2.46. The Morgan fingerprint density at radius 3 is 2.80 bits per heavy atom. The zero-order valence-corrected chi connectivity index (χ0v) is 8.56. The van der Waals surface area contributed by atoms with Crippen LogP contribution in [0.4, 0.5) is 4.39 Å². The maximum Gasteiger partial charge on any atom is 0.169 e. The van der Waals surface area contributed by atoms with Crippen LogP contribution in [0.5, 0.6) is 0 Å². The zero-order valence-electron chi connectivity index (χ0n) is 8.56. The summed E-state index contributed by atoms with van der Waals surface area (Å²) in [5.74, 6) is -0.289. The Morgan fingerprint density at radius 2 is 2.47 bits per heavy atom. The van der Waals surface area contributed by atoms with Crippen molar-refractivity contribution in [2.45, 2.75) is 19.3 Å². The monoisotopic (exact) mass is 214 g/mol. The van der Waals surface area contributed by atoms with Gasteiger partial charge in [0.05, 0.1) is 18.8 Å². The summed E-state index contributed by atoms with van der Waals surface area (Å²) < 4.78 is 16.7. The molecule has 15 heavy (non-hydrogen) atoms. The largest absolute Gasteiger partial charge is 0.367 e. The van der Waals surface area contributed by atoms with Gasteiger partial charge in [-0.3, -0.25) is 4.98 Å². The Labute approximate surface area is 88.1 Å². The molecule has 5 heteroatoms. The molecule has 0 amide bonds. The van der Waals surface area contributed by atoms with Gasteiger partial charge >= 0.3 is 0 Å². The summed E-state index contributed by atoms with van der Waals surface area (Å²) >= 11 is 0. The first-order valence-corrected chi connectivity index (χ1v) is 4.78. The molecule has 1 aromatic rings. The van der Waals surface area contributed by atoms with Crippen LogP contribution in [0.2, 0.25) is 0 Å². The number of aromatic nitrogens is 1. The minimum Gasteiger partial charge on any atom is -0.367 e. The van der Waals surface area contributed by atoms with Crippen molar-refractivity contribution in [2.24, 2.45) is 0 Å². The Balaban J connectivity index is 0.000000151. The molecule has 1 fully saturated rings. The molecule has 0 aromatic carbocycles. The molecule has 0 aliphatic carbocycles. The van der Waals surface area contributed by atoms with Crippen molar-refractivity contribution in [1.29, 1.82) is 0 Å². The number of hydrogen-bond donors (Lipinski definition) is 2. The molecule has 0 radical (unpaired) electrons. The van der Waals surface area contributed by atoms with E-state index in [1.165, 1.54) is 18.5 Å². The molecule has 2 N–H and O–H groups in total. The number of hydrogen-bond acceptors (Lipinski definition) is 4. The van der Waals surface area contributed by atoms with E-state index in [1.807, 2.05) is 6.92 Å². The zero-order chi connectivity index (χ0) is 11.1. The van der Waals surface area contributed by atoms with Crippen LogP contribution in [0.1, 0.15) is 6.92 Å². The second-order valence-electron chi connectivity index (χ2n) is 3.18. The average molecular weight is 214 g/mol. The van der Waals surface area contributed by atoms with E-state index in [0.717, 1.165) is 6.54 Å². The topological polar surface area (TPSA) is 54.4 Å². The first-order chi connectivity index (χ1) is 7.20. The number of pyridine rings is 1. The summed E-state index contributed by atoms with van der Waals surface area (Å²) in [5.41, 5.74) is 0. The third-order valence-corrected chi connectivity index (χ3v) is 1.91. The second-order valence-corrected chi connectivity index (χ2v) is 3.18. The van der Waals surface area contributed by atoms with E-state index in [0.29, 0.717) is 6.61 Å². The fourth-order valence-electron chi connectivity index (χ4n) is 1.05. The van der Waals surface area contributed by atoms with E-state index in [9.17, 15) is 4.39 Å². The quantitative estimate of drug-likeness (QED) is 0.661. The Kier molecular flexibility index (Phi) is 5.17. The van der Waals surface area contributed by atoms with Crippen LogP contribution in [0.25, 0.3) is 0 Å². The molecule has 1 aliphatic rings. The maximum atomic E-state index is 11.8. The number of nitrogens with one attached hydrogen (secondary N) is 1. The third-order valence-electron chi connectivity index (χ3n) is 1.91. The molecule has 84 valence electrons. The van der Waals surface area contributed by atoms with Gasteiger partial charge in [-0.15, -0.1) is 0 Å². The van der Waals surface area contributed by atoms with Crippen LogP contribution in [-0.2, 0) is 4.74 Å². The lowest BCUT2D eigenvalue weighted by atomic mass is 10.3. The summed E-state index contributed by atoms with van der Waals surface area (Å²) in [7, 11) is 0. The normalized spacial score (nSPS) is 25.3. The highest BCUT2D eigenvalue weighted by Gasteiger charge is 2.17. The Hall–Kier alpha value is -1.04. The highest BCUT2D eigenvalue weighted by atomic mass is 19.1. The maximum absolute atomic E-state index is 11.8. The molecule has 1 saturated heterocycles. The summed E-state index contributed by atoms with van der Waals surface area (Å²) in [6.45, 7) is 3.35. The molecule has 2 atom stereocenters. The molecule has 2 unspecified atom stereocenters. The van der Waals surface area contributed by atoms with Gasteiger partial charge in [-0.2, -0.15) is 0 Å². The van der Waals surface area contributed by atoms with Crippen molar-refractivity contribution >= 4 is 0 Å². The number of halogens is 1. The van der Waals surface area contributed by atoms with Crippen molar-refractivity contribution < 1.29 is 14.2 Å². The highest BCUT2D eigenvalue weighted by Crippen LogP contribution is 1.98. The predicted octanol–water partition coefficient (Wildman–Crippen LogP) is 0.534. The minimum atomic E-state index is -0.608. The lowest BCUT2D eigenvalue weighted by Gasteiger charge is -2.25. The minimum absolute atomic E-state index is 0.0868.